The number of carbonyl (C=O) groups excluding carboxylic acids is 1. The maximum absolute atomic E-state index is 12.7. The number of esters is 1. The van der Waals surface area contributed by atoms with Gasteiger partial charge in [-0.15, -0.1) is 0 Å². The van der Waals surface area contributed by atoms with Gasteiger partial charge in [-0.3, -0.25) is 0 Å². The fourth-order valence-corrected chi connectivity index (χ4v) is 4.20. The van der Waals surface area contributed by atoms with Crippen molar-refractivity contribution in [3.05, 3.63) is 124 Å². The molecule has 0 fully saturated rings. The zero-order chi connectivity index (χ0) is 27.2. The van der Waals surface area contributed by atoms with E-state index < -0.39 is 5.97 Å². The van der Waals surface area contributed by atoms with Crippen LogP contribution in [0.25, 0.3) is 16.9 Å². The molecule has 0 aliphatic rings. The van der Waals surface area contributed by atoms with E-state index in [4.69, 9.17) is 42.8 Å². The molecule has 6 nitrogen and oxygen atoms in total. The first kappa shape index (κ1) is 26.2. The molecule has 0 saturated carbocycles. The molecule has 0 radical (unpaired) electrons. The summed E-state index contributed by atoms with van der Waals surface area (Å²) >= 11 is 12.2. The molecule has 0 aliphatic carbocycles. The largest absolute Gasteiger partial charge is 0.490 e. The number of aliphatic imine (C=N–C) groups is 1. The smallest absolute Gasteiger partial charge is 0.345 e. The van der Waals surface area contributed by atoms with Gasteiger partial charge >= 0.3 is 5.97 Å². The summed E-state index contributed by atoms with van der Waals surface area (Å²) in [6, 6.07) is 31.2. The lowest BCUT2D eigenvalue weighted by molar-refractivity contribution is 0.0728. The van der Waals surface area contributed by atoms with Crippen molar-refractivity contribution in [3.8, 4) is 28.4 Å². The van der Waals surface area contributed by atoms with Crippen molar-refractivity contribution < 1.29 is 14.3 Å². The molecule has 0 atom stereocenters. The minimum absolute atomic E-state index is 0.276. The van der Waals surface area contributed by atoms with Crippen LogP contribution in [0.3, 0.4) is 0 Å². The summed E-state index contributed by atoms with van der Waals surface area (Å²) < 4.78 is 13.1. The van der Waals surface area contributed by atoms with E-state index in [0.29, 0.717) is 34.0 Å². The first-order valence-electron chi connectivity index (χ1n) is 12.2. The molecule has 194 valence electrons. The van der Waals surface area contributed by atoms with Gasteiger partial charge in [-0.25, -0.2) is 14.5 Å². The summed E-state index contributed by atoms with van der Waals surface area (Å²) in [5.41, 5.74) is 3.60. The second-order valence-electron chi connectivity index (χ2n) is 8.41. The Labute approximate surface area is 236 Å². The van der Waals surface area contributed by atoms with Crippen LogP contribution in [0.5, 0.6) is 11.5 Å². The number of aromatic nitrogens is 2. The summed E-state index contributed by atoms with van der Waals surface area (Å²) in [7, 11) is 0. The van der Waals surface area contributed by atoms with Crippen molar-refractivity contribution in [1.29, 1.82) is 0 Å². The molecule has 0 unspecified atom stereocenters. The van der Waals surface area contributed by atoms with Crippen LogP contribution >= 0.6 is 23.2 Å². The van der Waals surface area contributed by atoms with Crippen LogP contribution in [0.1, 0.15) is 22.8 Å². The Balaban J connectivity index is 1.45. The number of nitrogens with zero attached hydrogens (tertiary/aromatic N) is 3. The fourth-order valence-electron chi connectivity index (χ4n) is 3.86. The highest BCUT2D eigenvalue weighted by Gasteiger charge is 2.16. The summed E-state index contributed by atoms with van der Waals surface area (Å²) in [5, 5.41) is 5.76. The molecule has 1 heterocycles. The summed E-state index contributed by atoms with van der Waals surface area (Å²) in [5.74, 6) is 0.779. The number of carbonyl (C=O) groups is 1. The highest BCUT2D eigenvalue weighted by Crippen LogP contribution is 2.31. The third-order valence-corrected chi connectivity index (χ3v) is 6.32. The molecule has 0 N–H and O–H groups in total. The Hall–Kier alpha value is -4.39. The van der Waals surface area contributed by atoms with E-state index >= 15 is 0 Å². The summed E-state index contributed by atoms with van der Waals surface area (Å²) in [6.45, 7) is 2.25. The van der Waals surface area contributed by atoms with Crippen molar-refractivity contribution in [2.45, 2.75) is 6.92 Å². The van der Waals surface area contributed by atoms with Crippen LogP contribution in [0.4, 0.5) is 5.82 Å². The van der Waals surface area contributed by atoms with E-state index in [0.717, 1.165) is 22.5 Å². The molecule has 0 aliphatic heterocycles. The van der Waals surface area contributed by atoms with Crippen molar-refractivity contribution >= 4 is 41.2 Å². The summed E-state index contributed by atoms with van der Waals surface area (Å²) in [4.78, 5) is 17.4. The maximum atomic E-state index is 12.7. The fraction of sp³-hybridized carbons (Fsp3) is 0.0645. The average Bonchev–Trinajstić information content (AvgIpc) is 3.38. The Morgan fingerprint density at radius 2 is 1.64 bits per heavy atom. The zero-order valence-electron chi connectivity index (χ0n) is 20.9. The highest BCUT2D eigenvalue weighted by molar-refractivity contribution is 6.33. The van der Waals surface area contributed by atoms with Crippen LogP contribution in [0.2, 0.25) is 10.0 Å². The lowest BCUT2D eigenvalue weighted by atomic mass is 10.1. The van der Waals surface area contributed by atoms with Gasteiger partial charge in [0, 0.05) is 22.9 Å². The van der Waals surface area contributed by atoms with Crippen LogP contribution in [0.15, 0.2) is 108 Å². The topological polar surface area (TPSA) is 65.7 Å². The number of hydrogen-bond donors (Lipinski definition) is 0. The Morgan fingerprint density at radius 3 is 2.38 bits per heavy atom. The number of hydrogen-bond acceptors (Lipinski definition) is 5. The first-order valence-corrected chi connectivity index (χ1v) is 13.0. The van der Waals surface area contributed by atoms with E-state index in [9.17, 15) is 4.79 Å². The molecular formula is C31H23Cl2N3O3. The van der Waals surface area contributed by atoms with Gasteiger partial charge < -0.3 is 9.47 Å². The van der Waals surface area contributed by atoms with Gasteiger partial charge in [0.15, 0.2) is 17.3 Å². The van der Waals surface area contributed by atoms with Gasteiger partial charge in [-0.1, -0.05) is 65.7 Å². The molecule has 39 heavy (non-hydrogen) atoms. The molecule has 0 spiro atoms. The molecule has 0 amide bonds. The van der Waals surface area contributed by atoms with Crippen LogP contribution in [-0.2, 0) is 0 Å². The van der Waals surface area contributed by atoms with Crippen molar-refractivity contribution in [1.82, 2.24) is 9.78 Å². The molecule has 5 rings (SSSR count). The van der Waals surface area contributed by atoms with Crippen LogP contribution < -0.4 is 9.47 Å². The van der Waals surface area contributed by atoms with Crippen LogP contribution in [0, 0.1) is 0 Å². The van der Waals surface area contributed by atoms with Gasteiger partial charge in [-0.2, -0.15) is 5.10 Å². The Bertz CT molecular complexity index is 1630. The lowest BCUT2D eigenvalue weighted by Gasteiger charge is -2.12. The third-order valence-electron chi connectivity index (χ3n) is 5.74. The standard InChI is InChI=1S/C31H23Cl2N3O3/c1-2-38-29-18-21(12-17-28(29)39-31(37)25-10-6-7-11-26(25)33)20-34-30-19-27(22-13-15-23(32)16-14-22)35-36(30)24-8-4-3-5-9-24/h3-20H,2H2,1H3/b34-20+. The van der Waals surface area contributed by atoms with E-state index in [1.165, 1.54) is 0 Å². The molecule has 8 heteroatoms. The van der Waals surface area contributed by atoms with Crippen molar-refractivity contribution in [2.75, 3.05) is 6.61 Å². The van der Waals surface area contributed by atoms with Gasteiger partial charge in [-0.05, 0) is 67.1 Å². The summed E-state index contributed by atoms with van der Waals surface area (Å²) in [6.07, 6.45) is 1.71. The molecule has 0 saturated heterocycles. The van der Waals surface area contributed by atoms with E-state index in [1.54, 1.807) is 53.4 Å². The number of para-hydroxylation sites is 1. The molecule has 1 aromatic heterocycles. The molecule has 5 aromatic rings. The van der Waals surface area contributed by atoms with Gasteiger partial charge in [0.25, 0.3) is 0 Å². The van der Waals surface area contributed by atoms with Gasteiger partial charge in [0.1, 0.15) is 0 Å². The quantitative estimate of drug-likeness (QED) is 0.110. The SMILES string of the molecule is CCOc1cc(/C=N/c2cc(-c3ccc(Cl)cc3)nn2-c2ccccc2)ccc1OC(=O)c1ccccc1Cl. The minimum atomic E-state index is -0.565. The predicted octanol–water partition coefficient (Wildman–Crippen LogP) is 8.21. The second kappa shape index (κ2) is 12.0. The lowest BCUT2D eigenvalue weighted by Crippen LogP contribution is -2.10. The molecule has 0 bridgehead atoms. The van der Waals surface area contributed by atoms with E-state index in [2.05, 4.69) is 0 Å². The average molecular weight is 556 g/mol. The van der Waals surface area contributed by atoms with Crippen LogP contribution in [-0.4, -0.2) is 28.6 Å². The van der Waals surface area contributed by atoms with E-state index in [1.807, 2.05) is 67.6 Å². The number of ether oxygens (including phenoxy) is 2. The van der Waals surface area contributed by atoms with Gasteiger partial charge in [0.2, 0.25) is 0 Å². The van der Waals surface area contributed by atoms with Crippen molar-refractivity contribution in [3.63, 3.8) is 0 Å². The predicted molar refractivity (Wildman–Crippen MR) is 155 cm³/mol. The number of benzene rings is 4. The third kappa shape index (κ3) is 6.20. The van der Waals surface area contributed by atoms with E-state index in [-0.39, 0.29) is 5.56 Å². The monoisotopic (exact) mass is 555 g/mol. The highest BCUT2D eigenvalue weighted by atomic mass is 35.5. The maximum Gasteiger partial charge on any atom is 0.345 e. The zero-order valence-corrected chi connectivity index (χ0v) is 22.4. The Morgan fingerprint density at radius 1 is 0.897 bits per heavy atom. The number of rotatable bonds is 8. The minimum Gasteiger partial charge on any atom is -0.490 e. The Kier molecular flexibility index (Phi) is 8.06. The van der Waals surface area contributed by atoms with Gasteiger partial charge in [0.05, 0.1) is 28.6 Å². The second-order valence-corrected chi connectivity index (χ2v) is 9.25. The normalized spacial score (nSPS) is 11.1. The molecule has 4 aromatic carbocycles. The van der Waals surface area contributed by atoms with Crippen molar-refractivity contribution in [2.24, 2.45) is 4.99 Å². The first-order chi connectivity index (χ1) is 19.0. The molecular weight excluding hydrogens is 533 g/mol. The number of halogens is 2.